The van der Waals surface area contributed by atoms with E-state index in [1.54, 1.807) is 6.08 Å². The number of benzene rings is 3. The minimum Gasteiger partial charge on any atom is -0.454 e. The van der Waals surface area contributed by atoms with Crippen molar-refractivity contribution in [1.82, 2.24) is 4.57 Å². The molecule has 2 heterocycles. The van der Waals surface area contributed by atoms with Crippen LogP contribution in [0.5, 0.6) is 0 Å². The second kappa shape index (κ2) is 9.24. The fourth-order valence-corrected chi connectivity index (χ4v) is 4.97. The molecule has 0 fully saturated rings. The van der Waals surface area contributed by atoms with Gasteiger partial charge in [0.05, 0.1) is 5.69 Å². The molecular formula is C34H29NO. The summed E-state index contributed by atoms with van der Waals surface area (Å²) in [5.41, 5.74) is 9.27. The molecule has 36 heavy (non-hydrogen) atoms. The summed E-state index contributed by atoms with van der Waals surface area (Å²) in [7, 11) is 0. The first-order valence-electron chi connectivity index (χ1n) is 12.0. The van der Waals surface area contributed by atoms with Crippen molar-refractivity contribution in [3.63, 3.8) is 0 Å². The van der Waals surface area contributed by atoms with Crippen LogP contribution >= 0.6 is 0 Å². The molecule has 0 aliphatic heterocycles. The van der Waals surface area contributed by atoms with Gasteiger partial charge < -0.3 is 8.98 Å². The average Bonchev–Trinajstić information content (AvgIpc) is 3.39. The zero-order chi connectivity index (χ0) is 25.4. The Morgan fingerprint density at radius 2 is 1.50 bits per heavy atom. The number of rotatable bonds is 7. The van der Waals surface area contributed by atoms with Crippen molar-refractivity contribution >= 4 is 46.0 Å². The van der Waals surface area contributed by atoms with Gasteiger partial charge in [0.2, 0.25) is 0 Å². The van der Waals surface area contributed by atoms with Crippen LogP contribution in [0.4, 0.5) is 0 Å². The molecule has 0 spiro atoms. The van der Waals surface area contributed by atoms with Crippen LogP contribution in [-0.4, -0.2) is 4.57 Å². The van der Waals surface area contributed by atoms with Crippen LogP contribution in [0.15, 0.2) is 97.5 Å². The molecule has 0 unspecified atom stereocenters. The molecule has 2 aromatic heterocycles. The number of hydrogen-bond donors (Lipinski definition) is 0. The Morgan fingerprint density at radius 1 is 0.778 bits per heavy atom. The van der Waals surface area contributed by atoms with Gasteiger partial charge in [-0.15, -0.1) is 0 Å². The van der Waals surface area contributed by atoms with Gasteiger partial charge in [-0.1, -0.05) is 87.0 Å². The minimum absolute atomic E-state index is 0.795. The van der Waals surface area contributed by atoms with Crippen LogP contribution in [0.25, 0.3) is 63.2 Å². The SMILES string of the molecule is C=C/C=C\c1c(C)c(C)c(-c2oc3cc(C=C)c(C=C)cc3c2C=C)n1-c1ccc2ccccc2c1. The lowest BCUT2D eigenvalue weighted by Gasteiger charge is -2.13. The molecule has 0 N–H and O–H groups in total. The van der Waals surface area contributed by atoms with Crippen molar-refractivity contribution in [3.8, 4) is 17.1 Å². The molecule has 2 heteroatoms. The van der Waals surface area contributed by atoms with Gasteiger partial charge in [0, 0.05) is 22.3 Å². The standard InChI is InChI=1S/C34H29NO/c1-7-11-16-31-22(5)23(6)33(35(31)28-18-17-26-14-12-13-15-27(26)19-28)34-29(10-4)30-20-24(8-2)25(9-3)21-32(30)36-34/h7-21H,1-4H2,5-6H3/b16-11-. The maximum absolute atomic E-state index is 6.60. The van der Waals surface area contributed by atoms with Gasteiger partial charge in [0.25, 0.3) is 0 Å². The molecule has 0 aliphatic rings. The van der Waals surface area contributed by atoms with E-state index in [-0.39, 0.29) is 0 Å². The van der Waals surface area contributed by atoms with Crippen LogP contribution < -0.4 is 0 Å². The van der Waals surface area contributed by atoms with Gasteiger partial charge in [-0.25, -0.2) is 0 Å². The normalized spacial score (nSPS) is 11.4. The number of furan rings is 1. The quantitative estimate of drug-likeness (QED) is 0.218. The molecule has 0 bridgehead atoms. The molecule has 0 amide bonds. The van der Waals surface area contributed by atoms with Crippen molar-refractivity contribution in [1.29, 1.82) is 0 Å². The molecule has 176 valence electrons. The average molecular weight is 468 g/mol. The number of allylic oxidation sites excluding steroid dienone is 2. The van der Waals surface area contributed by atoms with Crippen LogP contribution in [0.3, 0.4) is 0 Å². The maximum atomic E-state index is 6.60. The smallest absolute Gasteiger partial charge is 0.159 e. The van der Waals surface area contributed by atoms with E-state index in [1.165, 1.54) is 16.3 Å². The zero-order valence-corrected chi connectivity index (χ0v) is 20.8. The lowest BCUT2D eigenvalue weighted by molar-refractivity contribution is 0.625. The monoisotopic (exact) mass is 467 g/mol. The largest absolute Gasteiger partial charge is 0.454 e. The number of hydrogen-bond acceptors (Lipinski definition) is 1. The fourth-order valence-electron chi connectivity index (χ4n) is 4.97. The zero-order valence-electron chi connectivity index (χ0n) is 20.8. The third-order valence-corrected chi connectivity index (χ3v) is 6.94. The van der Waals surface area contributed by atoms with E-state index in [2.05, 4.69) is 99.3 Å². The van der Waals surface area contributed by atoms with E-state index in [9.17, 15) is 0 Å². The summed E-state index contributed by atoms with van der Waals surface area (Å²) in [6.45, 7) is 20.3. The van der Waals surface area contributed by atoms with Crippen molar-refractivity contribution in [2.75, 3.05) is 0 Å². The fraction of sp³-hybridized carbons (Fsp3) is 0.0588. The minimum atomic E-state index is 0.795. The van der Waals surface area contributed by atoms with Crippen LogP contribution in [-0.2, 0) is 0 Å². The van der Waals surface area contributed by atoms with Crippen LogP contribution in [0.2, 0.25) is 0 Å². The van der Waals surface area contributed by atoms with Crippen molar-refractivity contribution in [2.45, 2.75) is 13.8 Å². The first kappa shape index (κ1) is 23.2. The number of fused-ring (bicyclic) bond motifs is 2. The highest BCUT2D eigenvalue weighted by Gasteiger charge is 2.25. The van der Waals surface area contributed by atoms with E-state index >= 15 is 0 Å². The molecule has 0 atom stereocenters. The van der Waals surface area contributed by atoms with Crippen molar-refractivity contribution < 1.29 is 4.42 Å². The van der Waals surface area contributed by atoms with Crippen molar-refractivity contribution in [2.24, 2.45) is 0 Å². The van der Waals surface area contributed by atoms with E-state index in [0.717, 1.165) is 56.1 Å². The van der Waals surface area contributed by atoms with Gasteiger partial charge in [0.1, 0.15) is 5.58 Å². The highest BCUT2D eigenvalue weighted by Crippen LogP contribution is 2.42. The summed E-state index contributed by atoms with van der Waals surface area (Å²) in [5, 5.41) is 3.39. The second-order valence-electron chi connectivity index (χ2n) is 8.88. The van der Waals surface area contributed by atoms with Gasteiger partial charge in [0.15, 0.2) is 5.76 Å². The Kier molecular flexibility index (Phi) is 5.95. The molecular weight excluding hydrogens is 438 g/mol. The second-order valence-corrected chi connectivity index (χ2v) is 8.88. The van der Waals surface area contributed by atoms with Crippen LogP contribution in [0.1, 0.15) is 33.5 Å². The Balaban J connectivity index is 1.89. The van der Waals surface area contributed by atoms with Crippen LogP contribution in [0, 0.1) is 13.8 Å². The Labute approximate surface area is 212 Å². The predicted molar refractivity (Wildman–Crippen MR) is 157 cm³/mol. The highest BCUT2D eigenvalue weighted by atomic mass is 16.3. The predicted octanol–water partition coefficient (Wildman–Crippen LogP) is 9.79. The molecule has 0 saturated carbocycles. The third-order valence-electron chi connectivity index (χ3n) is 6.94. The molecule has 0 saturated heterocycles. The van der Waals surface area contributed by atoms with E-state index < -0.39 is 0 Å². The summed E-state index contributed by atoms with van der Waals surface area (Å²) in [4.78, 5) is 0. The molecule has 5 aromatic rings. The molecule has 0 radical (unpaired) electrons. The summed E-state index contributed by atoms with van der Waals surface area (Å²) in [6.07, 6.45) is 11.4. The summed E-state index contributed by atoms with van der Waals surface area (Å²) < 4.78 is 8.89. The molecule has 2 nitrogen and oxygen atoms in total. The first-order chi connectivity index (χ1) is 17.5. The van der Waals surface area contributed by atoms with E-state index in [1.807, 2.05) is 30.4 Å². The summed E-state index contributed by atoms with van der Waals surface area (Å²) in [6, 6.07) is 19.1. The summed E-state index contributed by atoms with van der Waals surface area (Å²) in [5.74, 6) is 0.795. The van der Waals surface area contributed by atoms with Gasteiger partial charge in [-0.3, -0.25) is 0 Å². The topological polar surface area (TPSA) is 18.1 Å². The molecule has 5 rings (SSSR count). The van der Waals surface area contributed by atoms with E-state index in [4.69, 9.17) is 4.42 Å². The molecule has 3 aromatic carbocycles. The third kappa shape index (κ3) is 3.59. The lowest BCUT2D eigenvalue weighted by atomic mass is 10.0. The van der Waals surface area contributed by atoms with Crippen molar-refractivity contribution in [3.05, 3.63) is 127 Å². The summed E-state index contributed by atoms with van der Waals surface area (Å²) >= 11 is 0. The van der Waals surface area contributed by atoms with Gasteiger partial charge in [-0.2, -0.15) is 0 Å². The first-order valence-corrected chi connectivity index (χ1v) is 12.0. The van der Waals surface area contributed by atoms with Gasteiger partial charge >= 0.3 is 0 Å². The Hall–Kier alpha value is -4.56. The Bertz CT molecular complexity index is 1720. The number of nitrogens with zero attached hydrogens (tertiary/aromatic N) is 1. The van der Waals surface area contributed by atoms with E-state index in [0.29, 0.717) is 0 Å². The lowest BCUT2D eigenvalue weighted by Crippen LogP contribution is -2.00. The Morgan fingerprint density at radius 3 is 2.19 bits per heavy atom. The highest BCUT2D eigenvalue weighted by molar-refractivity contribution is 5.97. The number of aromatic nitrogens is 1. The maximum Gasteiger partial charge on any atom is 0.159 e. The van der Waals surface area contributed by atoms with Gasteiger partial charge in [-0.05, 0) is 77.2 Å². The molecule has 0 aliphatic carbocycles.